The van der Waals surface area contributed by atoms with Crippen molar-refractivity contribution in [3.63, 3.8) is 0 Å². The molecule has 0 fully saturated rings. The van der Waals surface area contributed by atoms with Crippen LogP contribution in [0.2, 0.25) is 0 Å². The van der Waals surface area contributed by atoms with E-state index in [9.17, 15) is 0 Å². The molecule has 0 aliphatic heterocycles. The lowest BCUT2D eigenvalue weighted by Crippen LogP contribution is -2.09. The number of nitriles is 1. The van der Waals surface area contributed by atoms with Crippen molar-refractivity contribution in [3.05, 3.63) is 58.5 Å². The molecular formula is C12H12N4O. The second-order valence-corrected chi connectivity index (χ2v) is 3.26. The summed E-state index contributed by atoms with van der Waals surface area (Å²) in [6.45, 7) is 0.718. The second-order valence-electron chi connectivity index (χ2n) is 3.26. The lowest BCUT2D eigenvalue weighted by atomic mass is 10.2. The Labute approximate surface area is 99.6 Å². The molecular weight excluding hydrogens is 216 g/mol. The maximum absolute atomic E-state index is 8.37. The molecule has 0 aromatic heterocycles. The largest absolute Gasteiger partial charge is 0.376 e. The van der Waals surface area contributed by atoms with Crippen LogP contribution < -0.4 is 0 Å². The van der Waals surface area contributed by atoms with Gasteiger partial charge in [0, 0.05) is 11.0 Å². The molecule has 86 valence electrons. The van der Waals surface area contributed by atoms with E-state index < -0.39 is 6.04 Å². The number of ether oxygens (including phenoxy) is 1. The monoisotopic (exact) mass is 228 g/mol. The van der Waals surface area contributed by atoms with Gasteiger partial charge >= 0.3 is 0 Å². The summed E-state index contributed by atoms with van der Waals surface area (Å²) in [5.74, 6) is 0. The zero-order valence-corrected chi connectivity index (χ0v) is 9.23. The summed E-state index contributed by atoms with van der Waals surface area (Å²) in [5, 5.41) is 11.9. The molecule has 5 nitrogen and oxygen atoms in total. The van der Waals surface area contributed by atoms with E-state index in [0.29, 0.717) is 6.61 Å². The highest BCUT2D eigenvalue weighted by atomic mass is 16.5. The standard InChI is InChI=1S/C12H12N4O/c13-8-4-7-12(15-16-14)10-17-9-11-5-2-1-3-6-11/h1-7,12H,9-10H2/b7-4-. The summed E-state index contributed by atoms with van der Waals surface area (Å²) in [6.07, 6.45) is 2.80. The smallest absolute Gasteiger partial charge is 0.0908 e. The van der Waals surface area contributed by atoms with Gasteiger partial charge in [-0.1, -0.05) is 41.5 Å². The molecule has 1 aromatic carbocycles. The minimum absolute atomic E-state index is 0.261. The van der Waals surface area contributed by atoms with Crippen LogP contribution in [0.1, 0.15) is 5.56 Å². The van der Waals surface area contributed by atoms with Crippen molar-refractivity contribution in [2.75, 3.05) is 6.61 Å². The Morgan fingerprint density at radius 2 is 2.24 bits per heavy atom. The van der Waals surface area contributed by atoms with Gasteiger partial charge in [0.1, 0.15) is 0 Å². The fourth-order valence-electron chi connectivity index (χ4n) is 1.22. The van der Waals surface area contributed by atoms with Gasteiger partial charge in [-0.2, -0.15) is 5.26 Å². The van der Waals surface area contributed by atoms with Crippen molar-refractivity contribution in [1.29, 1.82) is 5.26 Å². The van der Waals surface area contributed by atoms with Crippen molar-refractivity contribution >= 4 is 0 Å². The van der Waals surface area contributed by atoms with Crippen molar-refractivity contribution < 1.29 is 4.74 Å². The van der Waals surface area contributed by atoms with Crippen LogP contribution in [0.4, 0.5) is 0 Å². The van der Waals surface area contributed by atoms with Gasteiger partial charge < -0.3 is 4.74 Å². The van der Waals surface area contributed by atoms with E-state index >= 15 is 0 Å². The third-order valence-corrected chi connectivity index (χ3v) is 1.99. The third kappa shape index (κ3) is 5.38. The SMILES string of the molecule is N#C/C=C\C(COCc1ccccc1)N=[N+]=[N-]. The number of allylic oxidation sites excluding steroid dienone is 1. The minimum atomic E-state index is -0.441. The summed E-state index contributed by atoms with van der Waals surface area (Å²) in [6, 6.07) is 11.1. The number of benzene rings is 1. The normalized spacial score (nSPS) is 11.7. The van der Waals surface area contributed by atoms with Gasteiger partial charge in [-0.3, -0.25) is 0 Å². The Balaban J connectivity index is 2.40. The summed E-state index contributed by atoms with van der Waals surface area (Å²) < 4.78 is 5.41. The van der Waals surface area contributed by atoms with E-state index in [2.05, 4.69) is 10.0 Å². The Bertz CT molecular complexity index is 443. The first-order valence-corrected chi connectivity index (χ1v) is 5.09. The van der Waals surface area contributed by atoms with Crippen molar-refractivity contribution in [2.24, 2.45) is 5.11 Å². The van der Waals surface area contributed by atoms with Gasteiger partial charge in [-0.15, -0.1) is 0 Å². The zero-order chi connectivity index (χ0) is 12.3. The quantitative estimate of drug-likeness (QED) is 0.324. The molecule has 0 bridgehead atoms. The maximum Gasteiger partial charge on any atom is 0.0908 e. The molecule has 0 aliphatic carbocycles. The molecule has 0 spiro atoms. The summed E-state index contributed by atoms with van der Waals surface area (Å²) >= 11 is 0. The second kappa shape index (κ2) is 7.94. The number of hydrogen-bond acceptors (Lipinski definition) is 3. The lowest BCUT2D eigenvalue weighted by Gasteiger charge is -2.07. The van der Waals surface area contributed by atoms with Crippen LogP contribution in [0.5, 0.6) is 0 Å². The van der Waals surface area contributed by atoms with Crippen LogP contribution in [-0.4, -0.2) is 12.6 Å². The number of hydrogen-bond donors (Lipinski definition) is 0. The Morgan fingerprint density at radius 1 is 1.47 bits per heavy atom. The predicted molar refractivity (Wildman–Crippen MR) is 63.8 cm³/mol. The summed E-state index contributed by atoms with van der Waals surface area (Å²) in [4.78, 5) is 2.70. The number of nitrogens with zero attached hydrogens (tertiary/aromatic N) is 4. The fraction of sp³-hybridized carbons (Fsp3) is 0.250. The molecule has 0 amide bonds. The number of azide groups is 1. The van der Waals surface area contributed by atoms with Gasteiger partial charge in [0.05, 0.1) is 25.3 Å². The first-order chi connectivity index (χ1) is 8.36. The molecule has 1 aromatic rings. The zero-order valence-electron chi connectivity index (χ0n) is 9.23. The molecule has 1 unspecified atom stereocenters. The van der Waals surface area contributed by atoms with Crippen LogP contribution >= 0.6 is 0 Å². The topological polar surface area (TPSA) is 81.8 Å². The Morgan fingerprint density at radius 3 is 2.88 bits per heavy atom. The van der Waals surface area contributed by atoms with Gasteiger partial charge in [-0.05, 0) is 11.1 Å². The molecule has 17 heavy (non-hydrogen) atoms. The third-order valence-electron chi connectivity index (χ3n) is 1.99. The fourth-order valence-corrected chi connectivity index (χ4v) is 1.22. The summed E-state index contributed by atoms with van der Waals surface area (Å²) in [7, 11) is 0. The van der Waals surface area contributed by atoms with E-state index in [1.165, 1.54) is 12.2 Å². The molecule has 0 aliphatic rings. The molecule has 0 heterocycles. The minimum Gasteiger partial charge on any atom is -0.376 e. The molecule has 0 saturated heterocycles. The van der Waals surface area contributed by atoms with Crippen molar-refractivity contribution in [2.45, 2.75) is 12.6 Å². The van der Waals surface area contributed by atoms with Crippen molar-refractivity contribution in [3.8, 4) is 6.07 Å². The Hall–Kier alpha value is -2.28. The average Bonchev–Trinajstić information content (AvgIpc) is 2.37. The van der Waals surface area contributed by atoms with E-state index in [1.807, 2.05) is 36.4 Å². The molecule has 0 radical (unpaired) electrons. The highest BCUT2D eigenvalue weighted by molar-refractivity contribution is 5.13. The van der Waals surface area contributed by atoms with Crippen LogP contribution in [0.25, 0.3) is 10.4 Å². The predicted octanol–water partition coefficient (Wildman–Crippen LogP) is 2.96. The molecule has 0 saturated carbocycles. The Kier molecular flexibility index (Phi) is 5.97. The van der Waals surface area contributed by atoms with Gasteiger partial charge in [0.2, 0.25) is 0 Å². The molecule has 1 rings (SSSR count). The maximum atomic E-state index is 8.37. The van der Waals surface area contributed by atoms with Gasteiger partial charge in [0.15, 0.2) is 0 Å². The van der Waals surface area contributed by atoms with E-state index in [-0.39, 0.29) is 6.61 Å². The van der Waals surface area contributed by atoms with Crippen LogP contribution in [0, 0.1) is 11.3 Å². The van der Waals surface area contributed by atoms with Gasteiger partial charge in [-0.25, -0.2) is 0 Å². The first-order valence-electron chi connectivity index (χ1n) is 5.09. The van der Waals surface area contributed by atoms with Crippen molar-refractivity contribution in [1.82, 2.24) is 0 Å². The van der Waals surface area contributed by atoms with Crippen LogP contribution in [0.15, 0.2) is 47.6 Å². The van der Waals surface area contributed by atoms with Gasteiger partial charge in [0.25, 0.3) is 0 Å². The highest BCUT2D eigenvalue weighted by Crippen LogP contribution is 2.03. The van der Waals surface area contributed by atoms with E-state index in [0.717, 1.165) is 5.56 Å². The first kappa shape index (κ1) is 12.8. The molecule has 0 N–H and O–H groups in total. The van der Waals surface area contributed by atoms with E-state index in [1.54, 1.807) is 0 Å². The van der Waals surface area contributed by atoms with Crippen LogP contribution in [0.3, 0.4) is 0 Å². The molecule has 5 heteroatoms. The van der Waals surface area contributed by atoms with E-state index in [4.69, 9.17) is 15.5 Å². The highest BCUT2D eigenvalue weighted by Gasteiger charge is 2.01. The average molecular weight is 228 g/mol. The number of rotatable bonds is 6. The molecule has 1 atom stereocenters. The lowest BCUT2D eigenvalue weighted by molar-refractivity contribution is 0.116. The summed E-state index contributed by atoms with van der Waals surface area (Å²) in [5.41, 5.74) is 9.39. The van der Waals surface area contributed by atoms with Crippen LogP contribution in [-0.2, 0) is 11.3 Å².